The lowest BCUT2D eigenvalue weighted by Crippen LogP contribution is -2.32. The minimum Gasteiger partial charge on any atom is -0.455 e. The molecule has 46 heavy (non-hydrogen) atoms. The zero-order valence-electron chi connectivity index (χ0n) is 29.2. The van der Waals surface area contributed by atoms with Crippen molar-refractivity contribution in [1.29, 1.82) is 0 Å². The molecule has 234 valence electrons. The molecule has 0 N–H and O–H groups in total. The summed E-state index contributed by atoms with van der Waals surface area (Å²) in [6, 6.07) is 17.9. The van der Waals surface area contributed by atoms with E-state index in [1.54, 1.807) is 0 Å². The van der Waals surface area contributed by atoms with Gasteiger partial charge in [0.2, 0.25) is 5.69 Å². The molecule has 5 heteroatoms. The van der Waals surface area contributed by atoms with Gasteiger partial charge in [-0.1, -0.05) is 91.3 Å². The van der Waals surface area contributed by atoms with E-state index in [4.69, 9.17) is 19.7 Å². The van der Waals surface area contributed by atoms with E-state index in [1.807, 2.05) is 0 Å². The number of nitrogens with zero attached hydrogens (tertiary/aromatic N) is 4. The van der Waals surface area contributed by atoms with E-state index in [-0.39, 0.29) is 10.8 Å². The number of fused-ring (bicyclic) bond motifs is 5. The van der Waals surface area contributed by atoms with Gasteiger partial charge in [0.05, 0.1) is 10.9 Å². The first-order valence-electron chi connectivity index (χ1n) is 16.5. The van der Waals surface area contributed by atoms with Crippen LogP contribution in [0.4, 0.5) is 0 Å². The van der Waals surface area contributed by atoms with Crippen molar-refractivity contribution in [2.45, 2.75) is 86.5 Å². The van der Waals surface area contributed by atoms with Crippen molar-refractivity contribution in [3.05, 3.63) is 83.1 Å². The highest BCUT2D eigenvalue weighted by Crippen LogP contribution is 2.52. The van der Waals surface area contributed by atoms with Crippen molar-refractivity contribution in [2.24, 2.45) is 13.0 Å². The van der Waals surface area contributed by atoms with E-state index in [0.717, 1.165) is 57.1 Å². The Balaban J connectivity index is 1.53. The fourth-order valence-corrected chi connectivity index (χ4v) is 6.88. The van der Waals surface area contributed by atoms with Gasteiger partial charge in [0.1, 0.15) is 30.2 Å². The summed E-state index contributed by atoms with van der Waals surface area (Å²) in [4.78, 5) is 14.9. The molecule has 3 heterocycles. The predicted molar refractivity (Wildman–Crippen MR) is 190 cm³/mol. The highest BCUT2D eigenvalue weighted by atomic mass is 16.5. The number of aryl methyl sites for hydroxylation is 3. The Bertz CT molecular complexity index is 2200. The molecule has 7 rings (SSSR count). The van der Waals surface area contributed by atoms with Crippen LogP contribution in [0.3, 0.4) is 0 Å². The van der Waals surface area contributed by atoms with E-state index in [0.29, 0.717) is 5.92 Å². The predicted octanol–water partition coefficient (Wildman–Crippen LogP) is 10.0. The summed E-state index contributed by atoms with van der Waals surface area (Å²) < 4.78 is 9.31. The van der Waals surface area contributed by atoms with Gasteiger partial charge in [0, 0.05) is 33.4 Å². The molecule has 0 amide bonds. The average molecular weight is 610 g/mol. The van der Waals surface area contributed by atoms with Gasteiger partial charge in [-0.15, -0.1) is 0 Å². The Morgan fingerprint density at radius 2 is 1.46 bits per heavy atom. The largest absolute Gasteiger partial charge is 0.455 e. The topological polar surface area (TPSA) is 51.8 Å². The minimum atomic E-state index is -0.198. The molecule has 0 aliphatic carbocycles. The zero-order valence-corrected chi connectivity index (χ0v) is 29.2. The molecule has 0 unspecified atom stereocenters. The number of benzene rings is 4. The standard InChI is InChI=1S/C41H45N4O/c1-22(2)18-31-27-15-12-23(3)19-29(27)24(4)33-35-34-28(16-17-45(35)11)30-20-26(14-13-25(30)21-32(34)46-36(31)33)37-42-38(40(5,6)7)44-39(43-37)41(8,9)10/h12-17,19-22H,18H2,1-11H3/q+1. The Labute approximate surface area is 272 Å². The van der Waals surface area contributed by atoms with Crippen LogP contribution >= 0.6 is 0 Å². The molecule has 4 aromatic carbocycles. The summed E-state index contributed by atoms with van der Waals surface area (Å²) in [5.74, 6) is 4.75. The molecule has 6 aromatic rings. The van der Waals surface area contributed by atoms with Gasteiger partial charge in [-0.2, -0.15) is 0 Å². The summed E-state index contributed by atoms with van der Waals surface area (Å²) in [5, 5.41) is 7.21. The second kappa shape index (κ2) is 10.3. The summed E-state index contributed by atoms with van der Waals surface area (Å²) in [7, 11) is 2.16. The van der Waals surface area contributed by atoms with Crippen LogP contribution in [0, 0.1) is 19.8 Å². The molecule has 0 atom stereocenters. The van der Waals surface area contributed by atoms with Crippen LogP contribution in [0.2, 0.25) is 0 Å². The van der Waals surface area contributed by atoms with Crippen molar-refractivity contribution in [3.63, 3.8) is 0 Å². The van der Waals surface area contributed by atoms with Gasteiger partial charge in [-0.25, -0.2) is 19.5 Å². The van der Waals surface area contributed by atoms with Gasteiger partial charge >= 0.3 is 0 Å². The molecule has 0 bridgehead atoms. The molecular weight excluding hydrogens is 564 g/mol. The lowest BCUT2D eigenvalue weighted by Gasteiger charge is -2.26. The Morgan fingerprint density at radius 3 is 2.11 bits per heavy atom. The fraction of sp³-hybridized carbons (Fsp3) is 0.366. The first-order valence-corrected chi connectivity index (χ1v) is 16.5. The maximum Gasteiger partial charge on any atom is 0.228 e. The summed E-state index contributed by atoms with van der Waals surface area (Å²) in [5.41, 5.74) is 6.83. The van der Waals surface area contributed by atoms with E-state index < -0.39 is 0 Å². The number of aromatic nitrogens is 4. The monoisotopic (exact) mass is 609 g/mol. The molecule has 1 aliphatic heterocycles. The molecule has 2 aromatic heterocycles. The first kappa shape index (κ1) is 30.3. The summed E-state index contributed by atoms with van der Waals surface area (Å²) >= 11 is 0. The third-order valence-electron chi connectivity index (χ3n) is 9.28. The number of pyridine rings is 1. The van der Waals surface area contributed by atoms with E-state index >= 15 is 0 Å². The van der Waals surface area contributed by atoms with Crippen LogP contribution in [0.5, 0.6) is 11.5 Å². The molecule has 0 fully saturated rings. The molecule has 1 aliphatic rings. The van der Waals surface area contributed by atoms with Crippen LogP contribution in [-0.2, 0) is 24.3 Å². The van der Waals surface area contributed by atoms with E-state index in [2.05, 4.69) is 136 Å². The highest BCUT2D eigenvalue weighted by molar-refractivity contribution is 6.16. The smallest absolute Gasteiger partial charge is 0.228 e. The second-order valence-corrected chi connectivity index (χ2v) is 15.7. The quantitative estimate of drug-likeness (QED) is 0.148. The average Bonchev–Trinajstić information content (AvgIpc) is 2.98. The van der Waals surface area contributed by atoms with Crippen LogP contribution in [-0.4, -0.2) is 15.0 Å². The third-order valence-corrected chi connectivity index (χ3v) is 9.28. The lowest BCUT2D eigenvalue weighted by molar-refractivity contribution is -0.659. The number of rotatable bonds is 3. The van der Waals surface area contributed by atoms with Gasteiger partial charge in [0.15, 0.2) is 12.0 Å². The van der Waals surface area contributed by atoms with Crippen molar-refractivity contribution in [2.75, 3.05) is 0 Å². The number of hydrogen-bond donors (Lipinski definition) is 0. The lowest BCUT2D eigenvalue weighted by atomic mass is 9.85. The third kappa shape index (κ3) is 4.83. The summed E-state index contributed by atoms with van der Waals surface area (Å²) in [6.07, 6.45) is 3.15. The van der Waals surface area contributed by atoms with Gasteiger partial charge in [0.25, 0.3) is 0 Å². The van der Waals surface area contributed by atoms with Crippen molar-refractivity contribution in [3.8, 4) is 34.1 Å². The van der Waals surface area contributed by atoms with Crippen molar-refractivity contribution >= 4 is 32.3 Å². The number of hydrogen-bond acceptors (Lipinski definition) is 4. The molecule has 0 saturated heterocycles. The normalized spacial score (nSPS) is 13.1. The molecule has 5 nitrogen and oxygen atoms in total. The van der Waals surface area contributed by atoms with Gasteiger partial charge in [-0.05, 0) is 65.4 Å². The van der Waals surface area contributed by atoms with Gasteiger partial charge < -0.3 is 4.74 Å². The molecule has 0 radical (unpaired) electrons. The second-order valence-electron chi connectivity index (χ2n) is 15.7. The Kier molecular flexibility index (Phi) is 6.79. The molecule has 0 saturated carbocycles. The van der Waals surface area contributed by atoms with E-state index in [9.17, 15) is 0 Å². The van der Waals surface area contributed by atoms with Gasteiger partial charge in [-0.3, -0.25) is 0 Å². The van der Waals surface area contributed by atoms with Crippen LogP contribution in [0.25, 0.3) is 55.0 Å². The van der Waals surface area contributed by atoms with Crippen LogP contribution < -0.4 is 9.30 Å². The van der Waals surface area contributed by atoms with Crippen LogP contribution in [0.1, 0.15) is 83.7 Å². The zero-order chi connectivity index (χ0) is 32.9. The molecular formula is C41H45N4O+. The Morgan fingerprint density at radius 1 is 0.761 bits per heavy atom. The van der Waals surface area contributed by atoms with E-state index in [1.165, 1.54) is 44.1 Å². The SMILES string of the molecule is Cc1ccc2c(CC(C)C)c3c(c(C)c2c1)-c1c2c(cc4ccc(-c5nc(C(C)(C)C)nc(C(C)(C)C)n5)cc4c2cc[n+]1C)O3. The maximum absolute atomic E-state index is 7.04. The van der Waals surface area contributed by atoms with Crippen molar-refractivity contribution < 1.29 is 9.30 Å². The maximum atomic E-state index is 7.04. The number of ether oxygens (including phenoxy) is 1. The van der Waals surface area contributed by atoms with Crippen LogP contribution in [0.15, 0.2) is 54.7 Å². The summed E-state index contributed by atoms with van der Waals surface area (Å²) in [6.45, 7) is 22.0. The molecule has 0 spiro atoms. The minimum absolute atomic E-state index is 0.198. The Hall–Kier alpha value is -4.38. The fourth-order valence-electron chi connectivity index (χ4n) is 6.88. The van der Waals surface area contributed by atoms with Crippen molar-refractivity contribution in [1.82, 2.24) is 15.0 Å². The highest BCUT2D eigenvalue weighted by Gasteiger charge is 2.34. The first-order chi connectivity index (χ1) is 21.6.